The van der Waals surface area contributed by atoms with Crippen molar-refractivity contribution in [2.24, 2.45) is 17.3 Å². The Morgan fingerprint density at radius 3 is 2.71 bits per heavy atom. The Hall–Kier alpha value is -0.590. The molecule has 1 nitrogen and oxygen atoms in total. The molecule has 0 saturated heterocycles. The van der Waals surface area contributed by atoms with Gasteiger partial charge in [0.15, 0.2) is 0 Å². The van der Waals surface area contributed by atoms with Crippen LogP contribution >= 0.6 is 0 Å². The molecule has 0 aromatic rings. The topological polar surface area (TPSA) is 17.1 Å². The summed E-state index contributed by atoms with van der Waals surface area (Å²) < 4.78 is 0. The van der Waals surface area contributed by atoms with E-state index in [1.807, 2.05) is 0 Å². The van der Waals surface area contributed by atoms with Crippen molar-refractivity contribution in [1.82, 2.24) is 0 Å². The van der Waals surface area contributed by atoms with Gasteiger partial charge in [0.2, 0.25) is 0 Å². The predicted octanol–water partition coefficient (Wildman–Crippen LogP) is 3.59. The first-order valence-corrected chi connectivity index (χ1v) is 5.62. The minimum atomic E-state index is 0.192. The summed E-state index contributed by atoms with van der Waals surface area (Å²) in [5, 5.41) is 0. The molecular formula is C13H22O. The number of carbonyl (C=O) groups is 1. The van der Waals surface area contributed by atoms with E-state index in [-0.39, 0.29) is 11.3 Å². The molecule has 80 valence electrons. The fourth-order valence-corrected chi connectivity index (χ4v) is 2.99. The van der Waals surface area contributed by atoms with Gasteiger partial charge in [-0.2, -0.15) is 0 Å². The van der Waals surface area contributed by atoms with Gasteiger partial charge in [0, 0.05) is 12.3 Å². The Kier molecular flexibility index (Phi) is 3.52. The van der Waals surface area contributed by atoms with Gasteiger partial charge < -0.3 is 0 Å². The van der Waals surface area contributed by atoms with Crippen molar-refractivity contribution in [2.45, 2.75) is 46.5 Å². The van der Waals surface area contributed by atoms with Crippen molar-refractivity contribution >= 4 is 5.78 Å². The highest BCUT2D eigenvalue weighted by atomic mass is 16.1. The van der Waals surface area contributed by atoms with Gasteiger partial charge in [-0.3, -0.25) is 4.79 Å². The minimum Gasteiger partial charge on any atom is -0.299 e. The van der Waals surface area contributed by atoms with Crippen LogP contribution in [0, 0.1) is 17.3 Å². The van der Waals surface area contributed by atoms with E-state index in [1.165, 1.54) is 19.3 Å². The number of rotatable bonds is 3. The van der Waals surface area contributed by atoms with Gasteiger partial charge in [-0.15, -0.1) is 6.58 Å². The summed E-state index contributed by atoms with van der Waals surface area (Å²) >= 11 is 0. The van der Waals surface area contributed by atoms with E-state index in [1.54, 1.807) is 6.08 Å². The Morgan fingerprint density at radius 1 is 1.57 bits per heavy atom. The minimum absolute atomic E-state index is 0.192. The molecule has 1 aliphatic carbocycles. The maximum atomic E-state index is 12.0. The molecule has 0 aliphatic heterocycles. The van der Waals surface area contributed by atoms with Gasteiger partial charge in [-0.1, -0.05) is 33.3 Å². The van der Waals surface area contributed by atoms with Crippen molar-refractivity contribution in [3.63, 3.8) is 0 Å². The van der Waals surface area contributed by atoms with Crippen molar-refractivity contribution in [1.29, 1.82) is 0 Å². The summed E-state index contributed by atoms with van der Waals surface area (Å²) in [6.07, 6.45) is 5.94. The van der Waals surface area contributed by atoms with Crippen LogP contribution in [0.15, 0.2) is 12.7 Å². The Bertz CT molecular complexity index is 227. The van der Waals surface area contributed by atoms with E-state index in [9.17, 15) is 4.79 Å². The summed E-state index contributed by atoms with van der Waals surface area (Å²) in [4.78, 5) is 12.0. The predicted molar refractivity (Wildman–Crippen MR) is 60.1 cm³/mol. The molecule has 0 unspecified atom stereocenters. The highest BCUT2D eigenvalue weighted by molar-refractivity contribution is 5.83. The first-order chi connectivity index (χ1) is 6.49. The number of hydrogen-bond acceptors (Lipinski definition) is 1. The maximum Gasteiger partial charge on any atom is 0.140 e. The monoisotopic (exact) mass is 194 g/mol. The first kappa shape index (κ1) is 11.5. The fourth-order valence-electron chi connectivity index (χ4n) is 2.99. The van der Waals surface area contributed by atoms with Crippen LogP contribution in [0.4, 0.5) is 0 Å². The summed E-state index contributed by atoms with van der Waals surface area (Å²) in [6, 6.07) is 0. The zero-order valence-corrected chi connectivity index (χ0v) is 9.68. The highest BCUT2D eigenvalue weighted by Crippen LogP contribution is 2.44. The molecule has 1 heteroatoms. The van der Waals surface area contributed by atoms with E-state index >= 15 is 0 Å². The van der Waals surface area contributed by atoms with Gasteiger partial charge in [-0.25, -0.2) is 0 Å². The molecule has 0 N–H and O–H groups in total. The largest absolute Gasteiger partial charge is 0.299 e. The van der Waals surface area contributed by atoms with Gasteiger partial charge in [-0.05, 0) is 24.2 Å². The lowest BCUT2D eigenvalue weighted by Gasteiger charge is -2.41. The van der Waals surface area contributed by atoms with Gasteiger partial charge >= 0.3 is 0 Å². The SMILES string of the molecule is C=CCC(=O)[C@H]1[C@H](C)CCCC1(C)C. The van der Waals surface area contributed by atoms with Gasteiger partial charge in [0.25, 0.3) is 0 Å². The summed E-state index contributed by atoms with van der Waals surface area (Å²) in [7, 11) is 0. The molecule has 0 bridgehead atoms. The third kappa shape index (κ3) is 2.26. The average Bonchev–Trinajstić information content (AvgIpc) is 2.02. The van der Waals surface area contributed by atoms with Crippen LogP contribution in [0.1, 0.15) is 46.5 Å². The third-order valence-corrected chi connectivity index (χ3v) is 3.58. The number of allylic oxidation sites excluding steroid dienone is 1. The number of ketones is 1. The number of Topliss-reactive ketones (excluding diaryl/α,β-unsaturated/α-hetero) is 1. The summed E-state index contributed by atoms with van der Waals surface area (Å²) in [6.45, 7) is 10.3. The molecule has 0 radical (unpaired) electrons. The normalized spacial score (nSPS) is 31.1. The van der Waals surface area contributed by atoms with Gasteiger partial charge in [0.1, 0.15) is 5.78 Å². The fraction of sp³-hybridized carbons (Fsp3) is 0.769. The second-order valence-electron chi connectivity index (χ2n) is 5.29. The molecule has 1 fully saturated rings. The third-order valence-electron chi connectivity index (χ3n) is 3.58. The van der Waals surface area contributed by atoms with Crippen LogP contribution in [0.5, 0.6) is 0 Å². The van der Waals surface area contributed by atoms with Crippen molar-refractivity contribution in [2.75, 3.05) is 0 Å². The smallest absolute Gasteiger partial charge is 0.140 e. The van der Waals surface area contributed by atoms with Gasteiger partial charge in [0.05, 0.1) is 0 Å². The summed E-state index contributed by atoms with van der Waals surface area (Å²) in [5.41, 5.74) is 0.192. The molecule has 1 rings (SSSR count). The van der Waals surface area contributed by atoms with Crippen LogP contribution in [0.2, 0.25) is 0 Å². The molecule has 1 aliphatic rings. The van der Waals surface area contributed by atoms with Crippen molar-refractivity contribution in [3.05, 3.63) is 12.7 Å². The molecule has 14 heavy (non-hydrogen) atoms. The molecule has 0 heterocycles. The zero-order chi connectivity index (χ0) is 10.8. The van der Waals surface area contributed by atoms with E-state index in [0.717, 1.165) is 0 Å². The van der Waals surface area contributed by atoms with Crippen LogP contribution in [0.3, 0.4) is 0 Å². The zero-order valence-electron chi connectivity index (χ0n) is 9.68. The van der Waals surface area contributed by atoms with Crippen LogP contribution in [-0.4, -0.2) is 5.78 Å². The first-order valence-electron chi connectivity index (χ1n) is 5.62. The Balaban J connectivity index is 2.79. The lowest BCUT2D eigenvalue weighted by atomic mass is 9.62. The molecule has 1 saturated carbocycles. The standard InChI is InChI=1S/C13H22O/c1-5-7-11(14)12-10(2)8-6-9-13(12,3)4/h5,10,12H,1,6-9H2,2-4H3/t10-,12-/m1/s1. The van der Waals surface area contributed by atoms with Crippen molar-refractivity contribution in [3.8, 4) is 0 Å². The molecule has 0 aromatic carbocycles. The van der Waals surface area contributed by atoms with Crippen molar-refractivity contribution < 1.29 is 4.79 Å². The number of carbonyl (C=O) groups excluding carboxylic acids is 1. The second kappa shape index (κ2) is 4.29. The molecule has 0 amide bonds. The highest BCUT2D eigenvalue weighted by Gasteiger charge is 2.40. The second-order valence-corrected chi connectivity index (χ2v) is 5.29. The molecule has 0 spiro atoms. The lowest BCUT2D eigenvalue weighted by molar-refractivity contribution is -0.129. The van der Waals surface area contributed by atoms with Crippen LogP contribution < -0.4 is 0 Å². The average molecular weight is 194 g/mol. The van der Waals surface area contributed by atoms with E-state index in [0.29, 0.717) is 18.1 Å². The van der Waals surface area contributed by atoms with E-state index in [2.05, 4.69) is 27.4 Å². The number of hydrogen-bond donors (Lipinski definition) is 0. The van der Waals surface area contributed by atoms with Crippen LogP contribution in [-0.2, 0) is 4.79 Å². The molecule has 0 aromatic heterocycles. The van der Waals surface area contributed by atoms with Crippen LogP contribution in [0.25, 0.3) is 0 Å². The Morgan fingerprint density at radius 2 is 2.21 bits per heavy atom. The quantitative estimate of drug-likeness (QED) is 0.627. The van der Waals surface area contributed by atoms with E-state index < -0.39 is 0 Å². The summed E-state index contributed by atoms with van der Waals surface area (Å²) in [5.74, 6) is 1.18. The van der Waals surface area contributed by atoms with E-state index in [4.69, 9.17) is 0 Å². The maximum absolute atomic E-state index is 12.0. The Labute approximate surface area is 87.6 Å². The lowest BCUT2D eigenvalue weighted by Crippen LogP contribution is -2.39. The molecule has 2 atom stereocenters. The molecular weight excluding hydrogens is 172 g/mol.